The van der Waals surface area contributed by atoms with Crippen molar-refractivity contribution in [3.63, 3.8) is 0 Å². The second kappa shape index (κ2) is 7.51. The van der Waals surface area contributed by atoms with Gasteiger partial charge in [-0.25, -0.2) is 17.5 Å². The summed E-state index contributed by atoms with van der Waals surface area (Å²) in [5.74, 6) is -0.947. The van der Waals surface area contributed by atoms with E-state index in [0.717, 1.165) is 6.26 Å². The quantitative estimate of drug-likeness (QED) is 0.708. The van der Waals surface area contributed by atoms with Gasteiger partial charge in [0.25, 0.3) is 5.91 Å². The number of nitrogens with zero attached hydrogens (tertiary/aromatic N) is 3. The van der Waals surface area contributed by atoms with Gasteiger partial charge < -0.3 is 5.32 Å². The average molecular weight is 402 g/mol. The molecule has 146 valence electrons. The summed E-state index contributed by atoms with van der Waals surface area (Å²) in [6, 6.07) is 10.8. The third-order valence-electron chi connectivity index (χ3n) is 4.29. The standard InChI is InChI=1S/C19H19FN4O3S/c1-12-14(11-28(3,26)27)5-4-6-17(12)21-19(25)18-13(2)24(23-22-18)16-9-7-15(20)8-10-16/h4-10H,11H2,1-3H3,(H,21,25). The van der Waals surface area contributed by atoms with Gasteiger partial charge in [-0.1, -0.05) is 17.3 Å². The van der Waals surface area contributed by atoms with Gasteiger partial charge in [0.15, 0.2) is 15.5 Å². The summed E-state index contributed by atoms with van der Waals surface area (Å²) in [4.78, 5) is 12.7. The second-order valence-corrected chi connectivity index (χ2v) is 8.67. The molecule has 1 amide bonds. The Labute approximate surface area is 162 Å². The lowest BCUT2D eigenvalue weighted by molar-refractivity contribution is 0.102. The smallest absolute Gasteiger partial charge is 0.278 e. The maximum Gasteiger partial charge on any atom is 0.278 e. The number of hydrogen-bond acceptors (Lipinski definition) is 5. The van der Waals surface area contributed by atoms with Crippen molar-refractivity contribution < 1.29 is 17.6 Å². The molecule has 0 saturated heterocycles. The molecule has 28 heavy (non-hydrogen) atoms. The predicted octanol–water partition coefficient (Wildman–Crippen LogP) is 2.82. The first-order chi connectivity index (χ1) is 13.2. The summed E-state index contributed by atoms with van der Waals surface area (Å²) in [5.41, 5.74) is 2.99. The SMILES string of the molecule is Cc1c(CS(C)(=O)=O)cccc1NC(=O)c1nnn(-c2ccc(F)cc2)c1C. The van der Waals surface area contributed by atoms with Crippen LogP contribution in [0.2, 0.25) is 0 Å². The summed E-state index contributed by atoms with van der Waals surface area (Å²) >= 11 is 0. The molecule has 9 heteroatoms. The number of nitrogens with one attached hydrogen (secondary N) is 1. The molecule has 0 aliphatic carbocycles. The highest BCUT2D eigenvalue weighted by molar-refractivity contribution is 7.89. The molecular weight excluding hydrogens is 383 g/mol. The van der Waals surface area contributed by atoms with Crippen LogP contribution in [0.3, 0.4) is 0 Å². The monoisotopic (exact) mass is 402 g/mol. The summed E-state index contributed by atoms with van der Waals surface area (Å²) < 4.78 is 37.7. The van der Waals surface area contributed by atoms with Crippen LogP contribution in [-0.4, -0.2) is 35.6 Å². The Morgan fingerprint density at radius 1 is 1.14 bits per heavy atom. The molecule has 0 atom stereocenters. The number of carbonyl (C=O) groups is 1. The summed E-state index contributed by atoms with van der Waals surface area (Å²) in [6.45, 7) is 3.43. The van der Waals surface area contributed by atoms with Crippen molar-refractivity contribution in [3.8, 4) is 5.69 Å². The van der Waals surface area contributed by atoms with Crippen LogP contribution < -0.4 is 5.32 Å². The van der Waals surface area contributed by atoms with Crippen LogP contribution in [0.15, 0.2) is 42.5 Å². The second-order valence-electron chi connectivity index (χ2n) is 6.53. The molecule has 0 saturated carbocycles. The molecule has 0 aliphatic rings. The molecule has 0 spiro atoms. The number of halogens is 1. The van der Waals surface area contributed by atoms with Crippen molar-refractivity contribution in [1.82, 2.24) is 15.0 Å². The van der Waals surface area contributed by atoms with E-state index in [-0.39, 0.29) is 17.3 Å². The number of anilines is 1. The molecule has 0 unspecified atom stereocenters. The summed E-state index contributed by atoms with van der Waals surface area (Å²) in [6.07, 6.45) is 1.16. The molecule has 3 rings (SSSR count). The molecule has 1 heterocycles. The van der Waals surface area contributed by atoms with Crippen LogP contribution >= 0.6 is 0 Å². The van der Waals surface area contributed by atoms with E-state index in [1.165, 1.54) is 28.9 Å². The Kier molecular flexibility index (Phi) is 5.28. The highest BCUT2D eigenvalue weighted by atomic mass is 32.2. The van der Waals surface area contributed by atoms with Crippen molar-refractivity contribution >= 4 is 21.4 Å². The van der Waals surface area contributed by atoms with Gasteiger partial charge in [0, 0.05) is 11.9 Å². The molecule has 0 radical (unpaired) electrons. The number of aromatic nitrogens is 3. The van der Waals surface area contributed by atoms with E-state index < -0.39 is 15.7 Å². The molecule has 3 aromatic rings. The highest BCUT2D eigenvalue weighted by Crippen LogP contribution is 2.22. The first-order valence-electron chi connectivity index (χ1n) is 8.41. The fourth-order valence-corrected chi connectivity index (χ4v) is 3.68. The highest BCUT2D eigenvalue weighted by Gasteiger charge is 2.19. The van der Waals surface area contributed by atoms with Crippen molar-refractivity contribution in [1.29, 1.82) is 0 Å². The predicted molar refractivity (Wildman–Crippen MR) is 104 cm³/mol. The normalized spacial score (nSPS) is 11.4. The lowest BCUT2D eigenvalue weighted by Crippen LogP contribution is -2.16. The molecule has 1 aromatic heterocycles. The van der Waals surface area contributed by atoms with Gasteiger partial charge >= 0.3 is 0 Å². The molecule has 7 nitrogen and oxygen atoms in total. The third kappa shape index (κ3) is 4.25. The zero-order valence-corrected chi connectivity index (χ0v) is 16.4. The minimum Gasteiger partial charge on any atom is -0.320 e. The maximum absolute atomic E-state index is 13.1. The van der Waals surface area contributed by atoms with Crippen LogP contribution in [0.4, 0.5) is 10.1 Å². The van der Waals surface area contributed by atoms with Crippen LogP contribution in [-0.2, 0) is 15.6 Å². The molecule has 0 bridgehead atoms. The van der Waals surface area contributed by atoms with Crippen molar-refractivity contribution in [3.05, 3.63) is 70.8 Å². The van der Waals surface area contributed by atoms with Gasteiger partial charge in [0.1, 0.15) is 5.82 Å². The van der Waals surface area contributed by atoms with Gasteiger partial charge in [-0.15, -0.1) is 5.10 Å². The van der Waals surface area contributed by atoms with E-state index in [1.54, 1.807) is 32.0 Å². The first-order valence-corrected chi connectivity index (χ1v) is 10.5. The molecular formula is C19H19FN4O3S. The number of carbonyl (C=O) groups excluding carboxylic acids is 1. The maximum atomic E-state index is 13.1. The topological polar surface area (TPSA) is 93.9 Å². The van der Waals surface area contributed by atoms with Gasteiger partial charge in [-0.2, -0.15) is 0 Å². The number of amides is 1. The van der Waals surface area contributed by atoms with Crippen molar-refractivity contribution in [2.24, 2.45) is 0 Å². The van der Waals surface area contributed by atoms with Gasteiger partial charge in [-0.3, -0.25) is 4.79 Å². The first kappa shape index (κ1) is 19.7. The fraction of sp³-hybridized carbons (Fsp3) is 0.211. The lowest BCUT2D eigenvalue weighted by atomic mass is 10.1. The average Bonchev–Trinajstić information content (AvgIpc) is 2.99. The van der Waals surface area contributed by atoms with Gasteiger partial charge in [-0.05, 0) is 55.3 Å². The molecule has 1 N–H and O–H groups in total. The van der Waals surface area contributed by atoms with E-state index >= 15 is 0 Å². The molecule has 0 fully saturated rings. The van der Waals surface area contributed by atoms with E-state index in [1.807, 2.05) is 0 Å². The summed E-state index contributed by atoms with van der Waals surface area (Å²) in [7, 11) is -3.20. The number of benzene rings is 2. The van der Waals surface area contributed by atoms with Crippen molar-refractivity contribution in [2.75, 3.05) is 11.6 Å². The van der Waals surface area contributed by atoms with Gasteiger partial charge in [0.2, 0.25) is 0 Å². The van der Waals surface area contributed by atoms with E-state index in [2.05, 4.69) is 15.6 Å². The van der Waals surface area contributed by atoms with Crippen LogP contribution in [0.25, 0.3) is 5.69 Å². The number of sulfone groups is 1. The Balaban J connectivity index is 1.87. The lowest BCUT2D eigenvalue weighted by Gasteiger charge is -2.11. The minimum atomic E-state index is -3.20. The summed E-state index contributed by atoms with van der Waals surface area (Å²) in [5, 5.41) is 10.7. The van der Waals surface area contributed by atoms with Crippen molar-refractivity contribution in [2.45, 2.75) is 19.6 Å². The zero-order chi connectivity index (χ0) is 20.5. The van der Waals surface area contributed by atoms with E-state index in [0.29, 0.717) is 28.2 Å². The van der Waals surface area contributed by atoms with Crippen LogP contribution in [0, 0.1) is 19.7 Å². The Morgan fingerprint density at radius 3 is 2.46 bits per heavy atom. The minimum absolute atomic E-state index is 0.109. The Hall–Kier alpha value is -3.07. The largest absolute Gasteiger partial charge is 0.320 e. The molecule has 2 aromatic carbocycles. The van der Waals surface area contributed by atoms with Crippen LogP contribution in [0.1, 0.15) is 27.3 Å². The number of rotatable bonds is 5. The van der Waals surface area contributed by atoms with E-state index in [9.17, 15) is 17.6 Å². The Morgan fingerprint density at radius 2 is 1.82 bits per heavy atom. The van der Waals surface area contributed by atoms with Gasteiger partial charge in [0.05, 0.1) is 17.1 Å². The zero-order valence-electron chi connectivity index (χ0n) is 15.6. The molecule has 0 aliphatic heterocycles. The fourth-order valence-electron chi connectivity index (χ4n) is 2.81. The Bertz CT molecular complexity index is 1140. The third-order valence-corrected chi connectivity index (χ3v) is 5.13. The number of hydrogen-bond donors (Lipinski definition) is 1. The van der Waals surface area contributed by atoms with Crippen LogP contribution in [0.5, 0.6) is 0 Å². The van der Waals surface area contributed by atoms with E-state index in [4.69, 9.17) is 0 Å².